The Bertz CT molecular complexity index is 359. The number of hydrogen-bond acceptors (Lipinski definition) is 2. The molecule has 0 radical (unpaired) electrons. The van der Waals surface area contributed by atoms with E-state index in [4.69, 9.17) is 4.74 Å². The van der Waals surface area contributed by atoms with Crippen molar-refractivity contribution in [1.29, 1.82) is 0 Å². The number of carbonyl (C=O) groups excluding carboxylic acids is 1. The van der Waals surface area contributed by atoms with Gasteiger partial charge in [-0.15, -0.1) is 0 Å². The molecular weight excluding hydrogens is 448 g/mol. The standard InChI is InChI=1S/C28H55BrO2/c1-3-5-7-9-11-12-15-19-23-27(22-18-14-10-8-6-4-2)26-31-28(30)24-20-16-13-17-21-25-29/h27H,3-26H2,1-2H3. The van der Waals surface area contributed by atoms with Gasteiger partial charge in [-0.1, -0.05) is 139 Å². The summed E-state index contributed by atoms with van der Waals surface area (Å²) in [5, 5.41) is 1.09. The molecule has 0 rings (SSSR count). The zero-order valence-electron chi connectivity index (χ0n) is 21.2. The lowest BCUT2D eigenvalue weighted by Crippen LogP contribution is -2.14. The third-order valence-corrected chi connectivity index (χ3v) is 6.99. The number of alkyl halides is 1. The van der Waals surface area contributed by atoms with E-state index >= 15 is 0 Å². The number of halogens is 1. The van der Waals surface area contributed by atoms with Crippen molar-refractivity contribution >= 4 is 21.9 Å². The van der Waals surface area contributed by atoms with Gasteiger partial charge >= 0.3 is 5.97 Å². The molecule has 0 aliphatic rings. The van der Waals surface area contributed by atoms with Crippen LogP contribution in [0.1, 0.15) is 155 Å². The van der Waals surface area contributed by atoms with Crippen LogP contribution >= 0.6 is 15.9 Å². The van der Waals surface area contributed by atoms with E-state index in [2.05, 4.69) is 29.8 Å². The molecule has 0 saturated carbocycles. The molecule has 1 unspecified atom stereocenters. The molecule has 2 nitrogen and oxygen atoms in total. The average molecular weight is 504 g/mol. The Balaban J connectivity index is 3.97. The summed E-state index contributed by atoms with van der Waals surface area (Å²) >= 11 is 3.47. The van der Waals surface area contributed by atoms with Gasteiger partial charge in [0.05, 0.1) is 6.61 Å². The molecule has 0 saturated heterocycles. The first kappa shape index (κ1) is 30.9. The lowest BCUT2D eigenvalue weighted by molar-refractivity contribution is -0.145. The number of rotatable bonds is 25. The van der Waals surface area contributed by atoms with E-state index in [-0.39, 0.29) is 5.97 Å². The van der Waals surface area contributed by atoms with Crippen LogP contribution in [0, 0.1) is 5.92 Å². The molecule has 0 aliphatic carbocycles. The highest BCUT2D eigenvalue weighted by Crippen LogP contribution is 2.20. The van der Waals surface area contributed by atoms with Crippen LogP contribution in [0.4, 0.5) is 0 Å². The normalized spacial score (nSPS) is 12.2. The zero-order chi connectivity index (χ0) is 22.8. The molecule has 0 amide bonds. The second kappa shape index (κ2) is 26.2. The van der Waals surface area contributed by atoms with Crippen molar-refractivity contribution in [2.24, 2.45) is 5.92 Å². The summed E-state index contributed by atoms with van der Waals surface area (Å²) < 4.78 is 5.70. The predicted octanol–water partition coefficient (Wildman–Crippen LogP) is 10.2. The largest absolute Gasteiger partial charge is 0.465 e. The van der Waals surface area contributed by atoms with Gasteiger partial charge in [-0.05, 0) is 31.6 Å². The van der Waals surface area contributed by atoms with E-state index in [9.17, 15) is 4.79 Å². The highest BCUT2D eigenvalue weighted by molar-refractivity contribution is 9.09. The van der Waals surface area contributed by atoms with Gasteiger partial charge in [0.1, 0.15) is 0 Å². The fraction of sp³-hybridized carbons (Fsp3) is 0.964. The molecule has 0 aromatic heterocycles. The molecule has 1 atom stereocenters. The number of esters is 1. The van der Waals surface area contributed by atoms with E-state index in [1.54, 1.807) is 0 Å². The Kier molecular flexibility index (Phi) is 26.2. The molecule has 0 aromatic rings. The summed E-state index contributed by atoms with van der Waals surface area (Å²) in [5.41, 5.74) is 0. The molecule has 0 spiro atoms. The summed E-state index contributed by atoms with van der Waals surface area (Å²) in [6, 6.07) is 0. The Morgan fingerprint density at radius 1 is 0.613 bits per heavy atom. The van der Waals surface area contributed by atoms with E-state index in [0.29, 0.717) is 18.9 Å². The number of hydrogen-bond donors (Lipinski definition) is 0. The van der Waals surface area contributed by atoms with Gasteiger partial charge < -0.3 is 4.74 Å². The first-order chi connectivity index (χ1) is 15.2. The lowest BCUT2D eigenvalue weighted by atomic mass is 9.94. The molecule has 0 heterocycles. The van der Waals surface area contributed by atoms with Crippen LogP contribution in [-0.4, -0.2) is 17.9 Å². The van der Waals surface area contributed by atoms with E-state index in [0.717, 1.165) is 18.2 Å². The smallest absolute Gasteiger partial charge is 0.305 e. The van der Waals surface area contributed by atoms with Gasteiger partial charge in [0.2, 0.25) is 0 Å². The predicted molar refractivity (Wildman–Crippen MR) is 141 cm³/mol. The molecule has 0 aliphatic heterocycles. The first-order valence-electron chi connectivity index (χ1n) is 14.0. The fourth-order valence-electron chi connectivity index (χ4n) is 4.27. The number of carbonyl (C=O) groups is 1. The number of unbranched alkanes of at least 4 members (excludes halogenated alkanes) is 16. The van der Waals surface area contributed by atoms with Crippen LogP contribution < -0.4 is 0 Å². The Hall–Kier alpha value is -0.0500. The molecule has 0 N–H and O–H groups in total. The van der Waals surface area contributed by atoms with E-state index < -0.39 is 0 Å². The maximum absolute atomic E-state index is 12.2. The molecule has 3 heteroatoms. The molecule has 31 heavy (non-hydrogen) atoms. The van der Waals surface area contributed by atoms with E-state index in [1.807, 2.05) is 0 Å². The summed E-state index contributed by atoms with van der Waals surface area (Å²) in [6.07, 6.45) is 28.0. The van der Waals surface area contributed by atoms with Gasteiger partial charge in [-0.25, -0.2) is 0 Å². The van der Waals surface area contributed by atoms with E-state index in [1.165, 1.54) is 122 Å². The first-order valence-corrected chi connectivity index (χ1v) is 15.1. The van der Waals surface area contributed by atoms with Crippen LogP contribution in [0.15, 0.2) is 0 Å². The van der Waals surface area contributed by atoms with Gasteiger partial charge in [0.25, 0.3) is 0 Å². The molecular formula is C28H55BrO2. The lowest BCUT2D eigenvalue weighted by Gasteiger charge is -2.17. The minimum absolute atomic E-state index is 0.0318. The van der Waals surface area contributed by atoms with Crippen molar-refractivity contribution < 1.29 is 9.53 Å². The third kappa shape index (κ3) is 24.4. The van der Waals surface area contributed by atoms with Crippen molar-refractivity contribution in [1.82, 2.24) is 0 Å². The topological polar surface area (TPSA) is 26.3 Å². The van der Waals surface area contributed by atoms with Crippen LogP contribution in [-0.2, 0) is 9.53 Å². The molecule has 186 valence electrons. The van der Waals surface area contributed by atoms with Gasteiger partial charge in [-0.3, -0.25) is 4.79 Å². The molecule has 0 bridgehead atoms. The van der Waals surface area contributed by atoms with Crippen LogP contribution in [0.2, 0.25) is 0 Å². The van der Waals surface area contributed by atoms with Gasteiger partial charge in [-0.2, -0.15) is 0 Å². The minimum Gasteiger partial charge on any atom is -0.465 e. The number of ether oxygens (including phenoxy) is 1. The van der Waals surface area contributed by atoms with Crippen LogP contribution in [0.3, 0.4) is 0 Å². The highest BCUT2D eigenvalue weighted by Gasteiger charge is 2.12. The van der Waals surface area contributed by atoms with Gasteiger partial charge in [0, 0.05) is 11.8 Å². The average Bonchev–Trinajstić information content (AvgIpc) is 2.77. The monoisotopic (exact) mass is 502 g/mol. The zero-order valence-corrected chi connectivity index (χ0v) is 22.8. The molecule has 0 aromatic carbocycles. The second-order valence-corrected chi connectivity index (χ2v) is 10.4. The van der Waals surface area contributed by atoms with Crippen molar-refractivity contribution in [3.8, 4) is 0 Å². The maximum atomic E-state index is 12.2. The van der Waals surface area contributed by atoms with Crippen LogP contribution in [0.5, 0.6) is 0 Å². The summed E-state index contributed by atoms with van der Waals surface area (Å²) in [7, 11) is 0. The SMILES string of the molecule is CCCCCCCCCCC(CCCCCCCC)COC(=O)CCCCCCCBr. The maximum Gasteiger partial charge on any atom is 0.305 e. The fourth-order valence-corrected chi connectivity index (χ4v) is 4.66. The van der Waals surface area contributed by atoms with Crippen molar-refractivity contribution in [3.05, 3.63) is 0 Å². The quantitative estimate of drug-likeness (QED) is 0.0704. The summed E-state index contributed by atoms with van der Waals surface area (Å²) in [4.78, 5) is 12.2. The Morgan fingerprint density at radius 2 is 1.03 bits per heavy atom. The second-order valence-electron chi connectivity index (χ2n) is 9.58. The van der Waals surface area contributed by atoms with Crippen molar-refractivity contribution in [2.45, 2.75) is 155 Å². The molecule has 0 fully saturated rings. The highest BCUT2D eigenvalue weighted by atomic mass is 79.9. The Morgan fingerprint density at radius 3 is 1.52 bits per heavy atom. The van der Waals surface area contributed by atoms with Crippen molar-refractivity contribution in [3.63, 3.8) is 0 Å². The minimum atomic E-state index is 0.0318. The van der Waals surface area contributed by atoms with Crippen LogP contribution in [0.25, 0.3) is 0 Å². The van der Waals surface area contributed by atoms with Gasteiger partial charge in [0.15, 0.2) is 0 Å². The summed E-state index contributed by atoms with van der Waals surface area (Å²) in [5.74, 6) is 0.610. The Labute approximate surface area is 204 Å². The third-order valence-electron chi connectivity index (χ3n) is 6.43. The summed E-state index contributed by atoms with van der Waals surface area (Å²) in [6.45, 7) is 5.22. The van der Waals surface area contributed by atoms with Crippen molar-refractivity contribution in [2.75, 3.05) is 11.9 Å².